The number of rotatable bonds is 5. The second-order valence-electron chi connectivity index (χ2n) is 3.65. The summed E-state index contributed by atoms with van der Waals surface area (Å²) >= 11 is 0. The van der Waals surface area contributed by atoms with Crippen molar-refractivity contribution >= 4 is 0 Å². The first-order valence-corrected chi connectivity index (χ1v) is 5.31. The molecule has 1 heterocycles. The van der Waals surface area contributed by atoms with Crippen molar-refractivity contribution in [2.75, 3.05) is 13.2 Å². The molecule has 0 amide bonds. The normalized spacial score (nSPS) is 13.7. The van der Waals surface area contributed by atoms with Crippen LogP contribution < -0.4 is 5.73 Å². The topological polar surface area (TPSA) is 48.1 Å². The molecule has 0 radical (unpaired) electrons. The van der Waals surface area contributed by atoms with Crippen molar-refractivity contribution in [1.82, 2.24) is 4.98 Å². The van der Waals surface area contributed by atoms with Gasteiger partial charge in [0, 0.05) is 12.8 Å². The van der Waals surface area contributed by atoms with Crippen LogP contribution in [-0.2, 0) is 10.9 Å². The highest BCUT2D eigenvalue weighted by atomic mass is 19.4. The number of hydrogen-bond acceptors (Lipinski definition) is 3. The highest BCUT2D eigenvalue weighted by Crippen LogP contribution is 2.28. The molecule has 0 fully saturated rings. The smallest absolute Gasteiger partial charge is 0.379 e. The Morgan fingerprint density at radius 2 is 2.12 bits per heavy atom. The van der Waals surface area contributed by atoms with Crippen LogP contribution in [0.3, 0.4) is 0 Å². The van der Waals surface area contributed by atoms with Crippen LogP contribution >= 0.6 is 0 Å². The van der Waals surface area contributed by atoms with Gasteiger partial charge in [-0.2, -0.15) is 13.2 Å². The number of alkyl halides is 3. The lowest BCUT2D eigenvalue weighted by molar-refractivity contribution is -0.137. The fourth-order valence-corrected chi connectivity index (χ4v) is 1.23. The molecule has 3 nitrogen and oxygen atoms in total. The molecule has 0 bridgehead atoms. The molecule has 0 saturated heterocycles. The van der Waals surface area contributed by atoms with Gasteiger partial charge in [0.15, 0.2) is 0 Å². The quantitative estimate of drug-likeness (QED) is 0.814. The Bertz CT molecular complexity index is 338. The van der Waals surface area contributed by atoms with Crippen molar-refractivity contribution in [3.05, 3.63) is 29.6 Å². The Morgan fingerprint density at radius 1 is 1.41 bits per heavy atom. The molecule has 0 aliphatic heterocycles. The summed E-state index contributed by atoms with van der Waals surface area (Å²) in [6, 6.07) is 1.76. The first-order chi connectivity index (χ1) is 7.95. The second-order valence-corrected chi connectivity index (χ2v) is 3.65. The molecule has 17 heavy (non-hydrogen) atoms. The van der Waals surface area contributed by atoms with E-state index in [2.05, 4.69) is 4.98 Å². The molecular weight excluding hydrogens is 233 g/mol. The first kappa shape index (κ1) is 13.9. The molecule has 0 aliphatic carbocycles. The summed E-state index contributed by atoms with van der Waals surface area (Å²) in [5.41, 5.74) is 5.35. The van der Waals surface area contributed by atoms with Gasteiger partial charge < -0.3 is 10.5 Å². The molecule has 0 aromatic carbocycles. The zero-order valence-electron chi connectivity index (χ0n) is 9.50. The van der Waals surface area contributed by atoms with Crippen molar-refractivity contribution in [2.24, 2.45) is 5.73 Å². The van der Waals surface area contributed by atoms with Gasteiger partial charge in [-0.15, -0.1) is 0 Å². The Hall–Kier alpha value is -1.14. The molecule has 1 atom stereocenters. The molecule has 1 aromatic rings. The molecule has 1 rings (SSSR count). The fraction of sp³-hybridized carbons (Fsp3) is 0.545. The summed E-state index contributed by atoms with van der Waals surface area (Å²) in [7, 11) is 0. The average molecular weight is 248 g/mol. The van der Waals surface area contributed by atoms with Crippen LogP contribution in [0.5, 0.6) is 0 Å². The number of ether oxygens (including phenoxy) is 1. The van der Waals surface area contributed by atoms with E-state index < -0.39 is 17.8 Å². The van der Waals surface area contributed by atoms with E-state index in [-0.39, 0.29) is 6.61 Å². The van der Waals surface area contributed by atoms with Gasteiger partial charge in [0.05, 0.1) is 23.9 Å². The van der Waals surface area contributed by atoms with E-state index >= 15 is 0 Å². The summed E-state index contributed by atoms with van der Waals surface area (Å²) in [5, 5.41) is 0. The van der Waals surface area contributed by atoms with Crippen LogP contribution in [0.25, 0.3) is 0 Å². The van der Waals surface area contributed by atoms with Crippen molar-refractivity contribution in [1.29, 1.82) is 0 Å². The number of aromatic nitrogens is 1. The van der Waals surface area contributed by atoms with Crippen molar-refractivity contribution in [3.63, 3.8) is 0 Å². The van der Waals surface area contributed by atoms with Crippen LogP contribution in [0.4, 0.5) is 13.2 Å². The Balaban J connectivity index is 2.61. The summed E-state index contributed by atoms with van der Waals surface area (Å²) < 4.78 is 42.0. The number of nitrogens with two attached hydrogens (primary N) is 1. The average Bonchev–Trinajstić information content (AvgIpc) is 2.28. The Kier molecular flexibility index (Phi) is 4.89. The molecule has 0 aliphatic rings. The zero-order valence-corrected chi connectivity index (χ0v) is 9.50. The third-order valence-corrected chi connectivity index (χ3v) is 2.14. The van der Waals surface area contributed by atoms with Gasteiger partial charge >= 0.3 is 6.18 Å². The number of hydrogen-bond donors (Lipinski definition) is 1. The molecule has 2 N–H and O–H groups in total. The molecule has 1 aromatic heterocycles. The maximum atomic E-state index is 12.3. The van der Waals surface area contributed by atoms with E-state index in [1.165, 1.54) is 6.07 Å². The minimum atomic E-state index is -4.37. The fourth-order valence-electron chi connectivity index (χ4n) is 1.23. The lowest BCUT2D eigenvalue weighted by Crippen LogP contribution is -2.19. The van der Waals surface area contributed by atoms with Crippen molar-refractivity contribution < 1.29 is 17.9 Å². The third-order valence-electron chi connectivity index (χ3n) is 2.14. The summed E-state index contributed by atoms with van der Waals surface area (Å²) in [6.07, 6.45) is -2.71. The standard InChI is InChI=1S/C11H15F3N2O/c1-2-5-17-7-9(15)10-4-3-8(6-16-10)11(12,13)14/h3-4,6,9H,2,5,7,15H2,1H3. The number of nitrogens with zero attached hydrogens (tertiary/aromatic N) is 1. The molecule has 6 heteroatoms. The Morgan fingerprint density at radius 3 is 2.59 bits per heavy atom. The minimum absolute atomic E-state index is 0.256. The van der Waals surface area contributed by atoms with E-state index in [0.717, 1.165) is 18.7 Å². The van der Waals surface area contributed by atoms with E-state index in [1.807, 2.05) is 6.92 Å². The van der Waals surface area contributed by atoms with E-state index in [9.17, 15) is 13.2 Å². The Labute approximate surface area is 97.8 Å². The van der Waals surface area contributed by atoms with E-state index in [1.54, 1.807) is 0 Å². The van der Waals surface area contributed by atoms with Gasteiger partial charge in [0.2, 0.25) is 0 Å². The zero-order chi connectivity index (χ0) is 12.9. The number of halogens is 3. The largest absolute Gasteiger partial charge is 0.417 e. The van der Waals surface area contributed by atoms with Crippen LogP contribution in [0.15, 0.2) is 18.3 Å². The highest BCUT2D eigenvalue weighted by Gasteiger charge is 2.30. The molecule has 0 spiro atoms. The van der Waals surface area contributed by atoms with Gasteiger partial charge in [-0.3, -0.25) is 4.98 Å². The van der Waals surface area contributed by atoms with Gasteiger partial charge in [-0.25, -0.2) is 0 Å². The molecular formula is C11H15F3N2O. The van der Waals surface area contributed by atoms with Crippen molar-refractivity contribution in [2.45, 2.75) is 25.6 Å². The van der Waals surface area contributed by atoms with Crippen LogP contribution in [0.1, 0.15) is 30.6 Å². The maximum absolute atomic E-state index is 12.3. The SMILES string of the molecule is CCCOCC(N)c1ccc(C(F)(F)F)cn1. The molecule has 96 valence electrons. The van der Waals surface area contributed by atoms with Gasteiger partial charge in [-0.1, -0.05) is 6.92 Å². The van der Waals surface area contributed by atoms with Crippen LogP contribution in [-0.4, -0.2) is 18.2 Å². The third kappa shape index (κ3) is 4.32. The van der Waals surface area contributed by atoms with E-state index in [0.29, 0.717) is 12.3 Å². The van der Waals surface area contributed by atoms with Gasteiger partial charge in [0.1, 0.15) is 0 Å². The minimum Gasteiger partial charge on any atom is -0.379 e. The molecule has 1 unspecified atom stereocenters. The first-order valence-electron chi connectivity index (χ1n) is 5.31. The monoisotopic (exact) mass is 248 g/mol. The summed E-state index contributed by atoms with van der Waals surface area (Å²) in [6.45, 7) is 2.79. The number of pyridine rings is 1. The van der Waals surface area contributed by atoms with Crippen LogP contribution in [0, 0.1) is 0 Å². The summed E-state index contributed by atoms with van der Waals surface area (Å²) in [4.78, 5) is 3.70. The lowest BCUT2D eigenvalue weighted by atomic mass is 10.2. The van der Waals surface area contributed by atoms with Gasteiger partial charge in [-0.05, 0) is 18.6 Å². The second kappa shape index (κ2) is 5.97. The predicted octanol–water partition coefficient (Wildman–Crippen LogP) is 2.53. The highest BCUT2D eigenvalue weighted by molar-refractivity contribution is 5.18. The summed E-state index contributed by atoms with van der Waals surface area (Å²) in [5.74, 6) is 0. The van der Waals surface area contributed by atoms with E-state index in [4.69, 9.17) is 10.5 Å². The lowest BCUT2D eigenvalue weighted by Gasteiger charge is -2.12. The van der Waals surface area contributed by atoms with Crippen molar-refractivity contribution in [3.8, 4) is 0 Å². The van der Waals surface area contributed by atoms with Crippen LogP contribution in [0.2, 0.25) is 0 Å². The molecule has 0 saturated carbocycles. The predicted molar refractivity (Wildman–Crippen MR) is 57.3 cm³/mol. The maximum Gasteiger partial charge on any atom is 0.417 e. The van der Waals surface area contributed by atoms with Gasteiger partial charge in [0.25, 0.3) is 0 Å².